The summed E-state index contributed by atoms with van der Waals surface area (Å²) in [7, 11) is 0. The Balaban J connectivity index is 2.41. The SMILES string of the molecule is CC=C(CC1CCCCC1)C(=O)O. The topological polar surface area (TPSA) is 37.3 Å². The zero-order chi connectivity index (χ0) is 9.68. The van der Waals surface area contributed by atoms with Gasteiger partial charge < -0.3 is 5.11 Å². The second-order valence-corrected chi connectivity index (χ2v) is 3.83. The summed E-state index contributed by atoms with van der Waals surface area (Å²) >= 11 is 0. The average Bonchev–Trinajstić information content (AvgIpc) is 2.15. The Morgan fingerprint density at radius 3 is 2.46 bits per heavy atom. The van der Waals surface area contributed by atoms with Crippen molar-refractivity contribution in [3.8, 4) is 0 Å². The summed E-state index contributed by atoms with van der Waals surface area (Å²) in [5, 5.41) is 8.84. The van der Waals surface area contributed by atoms with E-state index >= 15 is 0 Å². The summed E-state index contributed by atoms with van der Waals surface area (Å²) < 4.78 is 0. The van der Waals surface area contributed by atoms with Crippen LogP contribution in [0.4, 0.5) is 0 Å². The predicted molar refractivity (Wildman–Crippen MR) is 52.6 cm³/mol. The van der Waals surface area contributed by atoms with Gasteiger partial charge in [-0.25, -0.2) is 4.79 Å². The van der Waals surface area contributed by atoms with Gasteiger partial charge in [-0.2, -0.15) is 0 Å². The Bertz CT molecular complexity index is 200. The minimum atomic E-state index is -0.743. The molecule has 0 spiro atoms. The van der Waals surface area contributed by atoms with Crippen LogP contribution in [0.15, 0.2) is 11.6 Å². The van der Waals surface area contributed by atoms with Gasteiger partial charge in [0.2, 0.25) is 0 Å². The van der Waals surface area contributed by atoms with Crippen molar-refractivity contribution in [3.63, 3.8) is 0 Å². The molecule has 1 saturated carbocycles. The lowest BCUT2D eigenvalue weighted by Crippen LogP contribution is -2.11. The van der Waals surface area contributed by atoms with Crippen molar-refractivity contribution in [1.82, 2.24) is 0 Å². The first-order valence-corrected chi connectivity index (χ1v) is 5.12. The van der Waals surface area contributed by atoms with E-state index in [-0.39, 0.29) is 0 Å². The first-order valence-electron chi connectivity index (χ1n) is 5.12. The highest BCUT2D eigenvalue weighted by molar-refractivity contribution is 5.86. The third-order valence-corrected chi connectivity index (χ3v) is 2.86. The molecular formula is C11H18O2. The van der Waals surface area contributed by atoms with Gasteiger partial charge in [0.25, 0.3) is 0 Å². The van der Waals surface area contributed by atoms with Gasteiger partial charge in [-0.3, -0.25) is 0 Å². The highest BCUT2D eigenvalue weighted by Gasteiger charge is 2.17. The summed E-state index contributed by atoms with van der Waals surface area (Å²) in [5.41, 5.74) is 0.590. The zero-order valence-corrected chi connectivity index (χ0v) is 8.25. The van der Waals surface area contributed by atoms with E-state index in [4.69, 9.17) is 5.11 Å². The van der Waals surface area contributed by atoms with Crippen molar-refractivity contribution in [3.05, 3.63) is 11.6 Å². The molecule has 0 bridgehead atoms. The van der Waals surface area contributed by atoms with Crippen LogP contribution in [0.2, 0.25) is 0 Å². The van der Waals surface area contributed by atoms with E-state index in [9.17, 15) is 4.79 Å². The van der Waals surface area contributed by atoms with Crippen molar-refractivity contribution in [2.24, 2.45) is 5.92 Å². The smallest absolute Gasteiger partial charge is 0.331 e. The summed E-state index contributed by atoms with van der Waals surface area (Å²) in [6.07, 6.45) is 8.81. The van der Waals surface area contributed by atoms with Crippen molar-refractivity contribution >= 4 is 5.97 Å². The molecule has 1 rings (SSSR count). The van der Waals surface area contributed by atoms with Crippen molar-refractivity contribution in [2.75, 3.05) is 0 Å². The molecule has 74 valence electrons. The highest BCUT2D eigenvalue weighted by atomic mass is 16.4. The number of rotatable bonds is 3. The number of hydrogen-bond donors (Lipinski definition) is 1. The van der Waals surface area contributed by atoms with Gasteiger partial charge in [0.15, 0.2) is 0 Å². The molecule has 0 atom stereocenters. The lowest BCUT2D eigenvalue weighted by atomic mass is 9.85. The predicted octanol–water partition coefficient (Wildman–Crippen LogP) is 2.99. The van der Waals surface area contributed by atoms with Crippen LogP contribution < -0.4 is 0 Å². The van der Waals surface area contributed by atoms with Crippen LogP contribution in [0.25, 0.3) is 0 Å². The van der Waals surface area contributed by atoms with Crippen LogP contribution in [-0.4, -0.2) is 11.1 Å². The maximum atomic E-state index is 10.7. The molecule has 13 heavy (non-hydrogen) atoms. The number of hydrogen-bond acceptors (Lipinski definition) is 1. The molecule has 2 heteroatoms. The minimum absolute atomic E-state index is 0.590. The Morgan fingerprint density at radius 2 is 2.00 bits per heavy atom. The Hall–Kier alpha value is -0.790. The van der Waals surface area contributed by atoms with Crippen molar-refractivity contribution in [2.45, 2.75) is 45.4 Å². The third-order valence-electron chi connectivity index (χ3n) is 2.86. The summed E-state index contributed by atoms with van der Waals surface area (Å²) in [6.45, 7) is 1.81. The summed E-state index contributed by atoms with van der Waals surface area (Å²) in [4.78, 5) is 10.7. The molecule has 1 aliphatic rings. The fraction of sp³-hybridized carbons (Fsp3) is 0.727. The van der Waals surface area contributed by atoms with Crippen molar-refractivity contribution in [1.29, 1.82) is 0 Å². The molecule has 0 heterocycles. The quantitative estimate of drug-likeness (QED) is 0.681. The largest absolute Gasteiger partial charge is 0.478 e. The van der Waals surface area contributed by atoms with E-state index in [1.54, 1.807) is 6.08 Å². The molecule has 1 fully saturated rings. The molecule has 0 aromatic carbocycles. The van der Waals surface area contributed by atoms with Crippen LogP contribution in [0.1, 0.15) is 45.4 Å². The molecule has 2 nitrogen and oxygen atoms in total. The molecule has 0 unspecified atom stereocenters. The Morgan fingerprint density at radius 1 is 1.38 bits per heavy atom. The first-order chi connectivity index (χ1) is 6.24. The van der Waals surface area contributed by atoms with Gasteiger partial charge in [-0.15, -0.1) is 0 Å². The van der Waals surface area contributed by atoms with Gasteiger partial charge in [0.05, 0.1) is 0 Å². The maximum absolute atomic E-state index is 10.7. The van der Waals surface area contributed by atoms with E-state index in [1.807, 2.05) is 6.92 Å². The van der Waals surface area contributed by atoms with Gasteiger partial charge in [0, 0.05) is 5.57 Å². The monoisotopic (exact) mass is 182 g/mol. The highest BCUT2D eigenvalue weighted by Crippen LogP contribution is 2.28. The van der Waals surface area contributed by atoms with Gasteiger partial charge >= 0.3 is 5.97 Å². The van der Waals surface area contributed by atoms with Crippen LogP contribution in [0.3, 0.4) is 0 Å². The van der Waals surface area contributed by atoms with Crippen LogP contribution in [0.5, 0.6) is 0 Å². The van der Waals surface area contributed by atoms with E-state index in [0.717, 1.165) is 6.42 Å². The van der Waals surface area contributed by atoms with Crippen LogP contribution >= 0.6 is 0 Å². The zero-order valence-electron chi connectivity index (χ0n) is 8.25. The van der Waals surface area contributed by atoms with E-state index < -0.39 is 5.97 Å². The second kappa shape index (κ2) is 5.05. The van der Waals surface area contributed by atoms with E-state index in [1.165, 1.54) is 32.1 Å². The van der Waals surface area contributed by atoms with Gasteiger partial charge in [0.1, 0.15) is 0 Å². The molecule has 0 aliphatic heterocycles. The maximum Gasteiger partial charge on any atom is 0.331 e. The van der Waals surface area contributed by atoms with E-state index in [0.29, 0.717) is 11.5 Å². The van der Waals surface area contributed by atoms with E-state index in [2.05, 4.69) is 0 Å². The lowest BCUT2D eigenvalue weighted by molar-refractivity contribution is -0.132. The standard InChI is InChI=1S/C11H18O2/c1-2-10(11(12)13)8-9-6-4-3-5-7-9/h2,9H,3-8H2,1H3,(H,12,13). The molecule has 0 aromatic rings. The molecule has 0 saturated heterocycles. The third kappa shape index (κ3) is 3.21. The summed E-state index contributed by atoms with van der Waals surface area (Å²) in [6, 6.07) is 0. The number of carboxylic acids is 1. The van der Waals surface area contributed by atoms with Crippen LogP contribution in [-0.2, 0) is 4.79 Å². The van der Waals surface area contributed by atoms with Crippen LogP contribution in [0, 0.1) is 5.92 Å². The molecule has 0 radical (unpaired) electrons. The average molecular weight is 182 g/mol. The normalized spacial score (nSPS) is 20.2. The molecule has 1 aliphatic carbocycles. The Labute approximate surface area is 79.6 Å². The number of allylic oxidation sites excluding steroid dienone is 1. The summed E-state index contributed by atoms with van der Waals surface area (Å²) in [5.74, 6) is -0.121. The fourth-order valence-corrected chi connectivity index (χ4v) is 2.03. The van der Waals surface area contributed by atoms with Crippen molar-refractivity contribution < 1.29 is 9.90 Å². The molecular weight excluding hydrogens is 164 g/mol. The molecule has 1 N–H and O–H groups in total. The van der Waals surface area contributed by atoms with Gasteiger partial charge in [-0.05, 0) is 19.3 Å². The fourth-order valence-electron chi connectivity index (χ4n) is 2.03. The molecule has 0 amide bonds. The van der Waals surface area contributed by atoms with Gasteiger partial charge in [-0.1, -0.05) is 38.2 Å². The minimum Gasteiger partial charge on any atom is -0.478 e. The Kier molecular flexibility index (Phi) is 4.00. The number of carbonyl (C=O) groups is 1. The first kappa shape index (κ1) is 10.3. The second-order valence-electron chi connectivity index (χ2n) is 3.83. The molecule has 0 aromatic heterocycles. The number of aliphatic carboxylic acids is 1. The number of carboxylic acid groups (broad SMARTS) is 1. The lowest BCUT2D eigenvalue weighted by Gasteiger charge is -2.21.